The molecule has 110 valence electrons. The van der Waals surface area contributed by atoms with Crippen molar-refractivity contribution in [3.8, 4) is 22.9 Å². The van der Waals surface area contributed by atoms with Gasteiger partial charge in [-0.2, -0.15) is 10.4 Å². The second kappa shape index (κ2) is 6.74. The van der Waals surface area contributed by atoms with Gasteiger partial charge in [0.1, 0.15) is 11.8 Å². The van der Waals surface area contributed by atoms with E-state index in [0.29, 0.717) is 21.3 Å². The molecule has 0 heterocycles. The first-order chi connectivity index (χ1) is 10.5. The average molecular weight is 358 g/mol. The van der Waals surface area contributed by atoms with Crippen molar-refractivity contribution in [2.24, 2.45) is 10.8 Å². The summed E-state index contributed by atoms with van der Waals surface area (Å²) in [5.41, 5.74) is 9.62. The molecule has 2 aromatic carbocycles. The van der Waals surface area contributed by atoms with Crippen molar-refractivity contribution in [1.82, 2.24) is 0 Å². The number of aromatic hydroxyl groups is 1. The number of para-hydroxylation sites is 2. The van der Waals surface area contributed by atoms with Crippen LogP contribution in [0, 0.1) is 16.7 Å². The molecular formula is C15H12BrN5O. The highest BCUT2D eigenvalue weighted by Crippen LogP contribution is 2.38. The summed E-state index contributed by atoms with van der Waals surface area (Å²) >= 11 is 3.40. The van der Waals surface area contributed by atoms with Gasteiger partial charge in [-0.15, -0.1) is 0 Å². The van der Waals surface area contributed by atoms with Crippen LogP contribution >= 0.6 is 15.9 Å². The summed E-state index contributed by atoms with van der Waals surface area (Å²) in [6, 6.07) is 14.0. The van der Waals surface area contributed by atoms with Gasteiger partial charge in [0.2, 0.25) is 5.71 Å². The van der Waals surface area contributed by atoms with Gasteiger partial charge in [-0.1, -0.05) is 30.3 Å². The zero-order valence-corrected chi connectivity index (χ0v) is 12.9. The van der Waals surface area contributed by atoms with E-state index in [1.807, 2.05) is 6.07 Å². The number of halogens is 1. The van der Waals surface area contributed by atoms with Gasteiger partial charge < -0.3 is 10.8 Å². The Bertz CT molecular complexity index is 795. The third-order valence-electron chi connectivity index (χ3n) is 2.85. The van der Waals surface area contributed by atoms with Gasteiger partial charge in [-0.3, -0.25) is 10.8 Å². The zero-order valence-electron chi connectivity index (χ0n) is 11.3. The van der Waals surface area contributed by atoms with E-state index < -0.39 is 5.84 Å². The molecule has 0 radical (unpaired) electrons. The fourth-order valence-electron chi connectivity index (χ4n) is 1.82. The number of hydrogen-bond donors (Lipinski definition) is 4. The lowest BCUT2D eigenvalue weighted by atomic mass is 10.0. The molecule has 0 aromatic heterocycles. The smallest absolute Gasteiger partial charge is 0.201 e. The number of nitriles is 1. The number of benzene rings is 2. The van der Waals surface area contributed by atoms with Crippen molar-refractivity contribution in [2.75, 3.05) is 5.43 Å². The molecule has 0 atom stereocenters. The van der Waals surface area contributed by atoms with Crippen LogP contribution in [0.2, 0.25) is 0 Å². The molecule has 2 rings (SSSR count). The van der Waals surface area contributed by atoms with Crippen molar-refractivity contribution in [3.63, 3.8) is 0 Å². The van der Waals surface area contributed by atoms with Crippen molar-refractivity contribution in [1.29, 1.82) is 10.7 Å². The van der Waals surface area contributed by atoms with Crippen LogP contribution in [0.5, 0.6) is 5.75 Å². The number of nitrogens with two attached hydrogens (primary N) is 1. The van der Waals surface area contributed by atoms with Crippen LogP contribution in [0.4, 0.5) is 5.69 Å². The zero-order chi connectivity index (χ0) is 16.1. The second-order valence-electron chi connectivity index (χ2n) is 4.28. The predicted octanol–water partition coefficient (Wildman–Crippen LogP) is 3.05. The Morgan fingerprint density at radius 2 is 1.91 bits per heavy atom. The number of phenols is 1. The fraction of sp³-hybridized carbons (Fsp3) is 0. The van der Waals surface area contributed by atoms with Gasteiger partial charge in [-0.25, -0.2) is 0 Å². The Kier molecular flexibility index (Phi) is 4.76. The summed E-state index contributed by atoms with van der Waals surface area (Å²) < 4.78 is 0.692. The molecule has 0 spiro atoms. The molecule has 0 bridgehead atoms. The molecule has 22 heavy (non-hydrogen) atoms. The molecule has 5 N–H and O–H groups in total. The molecule has 0 saturated heterocycles. The highest BCUT2D eigenvalue weighted by molar-refractivity contribution is 9.10. The molecule has 0 unspecified atom stereocenters. The monoisotopic (exact) mass is 357 g/mol. The predicted molar refractivity (Wildman–Crippen MR) is 89.8 cm³/mol. The highest BCUT2D eigenvalue weighted by Gasteiger charge is 2.12. The minimum absolute atomic E-state index is 0.125. The third kappa shape index (κ3) is 3.24. The largest absolute Gasteiger partial charge is 0.507 e. The quantitative estimate of drug-likeness (QED) is 0.382. The van der Waals surface area contributed by atoms with Crippen molar-refractivity contribution < 1.29 is 5.11 Å². The summed E-state index contributed by atoms with van der Waals surface area (Å²) in [6.07, 6.45) is 0. The molecule has 2 aromatic rings. The van der Waals surface area contributed by atoms with E-state index in [1.165, 1.54) is 0 Å². The maximum atomic E-state index is 10.0. The Hall–Kier alpha value is -2.85. The molecule has 0 amide bonds. The summed E-state index contributed by atoms with van der Waals surface area (Å²) in [6.45, 7) is 0. The third-order valence-corrected chi connectivity index (χ3v) is 3.51. The number of hydrogen-bond acceptors (Lipinski definition) is 5. The minimum Gasteiger partial charge on any atom is -0.507 e. The van der Waals surface area contributed by atoms with Crippen molar-refractivity contribution in [3.05, 3.63) is 46.9 Å². The van der Waals surface area contributed by atoms with E-state index in [0.717, 1.165) is 0 Å². The van der Waals surface area contributed by atoms with E-state index in [1.54, 1.807) is 42.5 Å². The number of amidine groups is 1. The molecule has 7 heteroatoms. The first-order valence-corrected chi connectivity index (χ1v) is 6.99. The van der Waals surface area contributed by atoms with Crippen molar-refractivity contribution in [2.45, 2.75) is 0 Å². The lowest BCUT2D eigenvalue weighted by Gasteiger charge is -2.12. The van der Waals surface area contributed by atoms with Crippen LogP contribution in [-0.4, -0.2) is 16.7 Å². The van der Waals surface area contributed by atoms with E-state index >= 15 is 0 Å². The normalized spacial score (nSPS) is 10.8. The Balaban J connectivity index is 2.51. The van der Waals surface area contributed by atoms with Crippen LogP contribution in [0.1, 0.15) is 0 Å². The lowest BCUT2D eigenvalue weighted by molar-refractivity contribution is 0.477. The lowest BCUT2D eigenvalue weighted by Crippen LogP contribution is -2.22. The molecule has 0 fully saturated rings. The molecule has 0 aliphatic rings. The standard InChI is InChI=1S/C15H12BrN5O/c16-11-6-3-5-10(9-4-1-2-7-13(9)22)14(11)21-20-12(8-17)15(18)19/h1-7,21-22H,(H3,18,19)/b20-12+. The van der Waals surface area contributed by atoms with Crippen LogP contribution in [0.15, 0.2) is 52.0 Å². The van der Waals surface area contributed by atoms with Crippen LogP contribution in [0.3, 0.4) is 0 Å². The fourth-order valence-corrected chi connectivity index (χ4v) is 2.28. The number of phenolic OH excluding ortho intramolecular Hbond substituents is 1. The van der Waals surface area contributed by atoms with Crippen LogP contribution in [-0.2, 0) is 0 Å². The number of hydrazone groups is 1. The van der Waals surface area contributed by atoms with E-state index in [9.17, 15) is 5.11 Å². The summed E-state index contributed by atoms with van der Waals surface area (Å²) in [5.74, 6) is -0.300. The average Bonchev–Trinajstić information content (AvgIpc) is 2.49. The first kappa shape index (κ1) is 15.5. The number of anilines is 1. The Morgan fingerprint density at radius 1 is 1.23 bits per heavy atom. The first-order valence-electron chi connectivity index (χ1n) is 6.19. The molecule has 0 aliphatic heterocycles. The van der Waals surface area contributed by atoms with E-state index in [-0.39, 0.29) is 11.5 Å². The van der Waals surface area contributed by atoms with Crippen LogP contribution < -0.4 is 11.2 Å². The van der Waals surface area contributed by atoms with Gasteiger partial charge in [-0.05, 0) is 28.1 Å². The maximum absolute atomic E-state index is 10.0. The topological polar surface area (TPSA) is 118 Å². The number of nitrogens with zero attached hydrogens (tertiary/aromatic N) is 2. The number of nitrogens with one attached hydrogen (secondary N) is 2. The Morgan fingerprint density at radius 3 is 2.55 bits per heavy atom. The van der Waals surface area contributed by atoms with E-state index in [4.69, 9.17) is 16.4 Å². The van der Waals surface area contributed by atoms with Gasteiger partial charge >= 0.3 is 0 Å². The van der Waals surface area contributed by atoms with Crippen molar-refractivity contribution >= 4 is 33.2 Å². The summed E-state index contributed by atoms with van der Waals surface area (Å²) in [7, 11) is 0. The Labute approximate surface area is 135 Å². The molecular weight excluding hydrogens is 346 g/mol. The highest BCUT2D eigenvalue weighted by atomic mass is 79.9. The maximum Gasteiger partial charge on any atom is 0.201 e. The van der Waals surface area contributed by atoms with Gasteiger partial charge in [0.05, 0.1) is 5.69 Å². The van der Waals surface area contributed by atoms with Gasteiger partial charge in [0, 0.05) is 15.6 Å². The van der Waals surface area contributed by atoms with E-state index in [2.05, 4.69) is 26.5 Å². The SMILES string of the molecule is N#C/C(=N\Nc1c(Br)cccc1-c1ccccc1O)C(=N)N. The molecule has 6 nitrogen and oxygen atoms in total. The summed E-state index contributed by atoms with van der Waals surface area (Å²) in [5, 5.41) is 30.0. The van der Waals surface area contributed by atoms with Crippen LogP contribution in [0.25, 0.3) is 11.1 Å². The van der Waals surface area contributed by atoms with Gasteiger partial charge in [0.15, 0.2) is 5.84 Å². The second-order valence-corrected chi connectivity index (χ2v) is 5.13. The minimum atomic E-state index is -0.425. The molecule has 0 saturated carbocycles. The molecule has 0 aliphatic carbocycles. The van der Waals surface area contributed by atoms with Gasteiger partial charge in [0.25, 0.3) is 0 Å². The number of rotatable bonds is 4. The summed E-state index contributed by atoms with van der Waals surface area (Å²) in [4.78, 5) is 0.